The number of nitrogens with one attached hydrogen (secondary N) is 1. The monoisotopic (exact) mass is 388 g/mol. The summed E-state index contributed by atoms with van der Waals surface area (Å²) >= 11 is 12.6. The van der Waals surface area contributed by atoms with Crippen molar-refractivity contribution in [3.8, 4) is 11.4 Å². The first-order valence-electron chi connectivity index (χ1n) is 7.60. The van der Waals surface area contributed by atoms with E-state index in [1.807, 2.05) is 12.1 Å². The summed E-state index contributed by atoms with van der Waals surface area (Å²) in [6.07, 6.45) is 1.40. The first kappa shape index (κ1) is 18.0. The highest BCUT2D eigenvalue weighted by atomic mass is 35.5. The molecule has 6 nitrogen and oxygen atoms in total. The van der Waals surface area contributed by atoms with Crippen LogP contribution in [-0.4, -0.2) is 27.0 Å². The maximum absolute atomic E-state index is 12.0. The van der Waals surface area contributed by atoms with Gasteiger partial charge in [0.2, 0.25) is 0 Å². The van der Waals surface area contributed by atoms with Crippen LogP contribution in [0.15, 0.2) is 53.6 Å². The van der Waals surface area contributed by atoms with Gasteiger partial charge in [0.05, 0.1) is 33.7 Å². The number of phenols is 1. The molecule has 3 aromatic rings. The minimum Gasteiger partial charge on any atom is -0.507 e. The van der Waals surface area contributed by atoms with Crippen molar-refractivity contribution in [3.63, 3.8) is 0 Å². The van der Waals surface area contributed by atoms with Gasteiger partial charge in [0.15, 0.2) is 0 Å². The van der Waals surface area contributed by atoms with E-state index >= 15 is 0 Å². The largest absolute Gasteiger partial charge is 0.507 e. The fourth-order valence-electron chi connectivity index (χ4n) is 2.32. The van der Waals surface area contributed by atoms with Gasteiger partial charge in [-0.25, -0.2) is 10.1 Å². The molecule has 1 heterocycles. The average molecular weight is 389 g/mol. The fraction of sp³-hybridized carbons (Fsp3) is 0.0556. The van der Waals surface area contributed by atoms with Crippen LogP contribution in [0.4, 0.5) is 0 Å². The molecule has 0 bridgehead atoms. The van der Waals surface area contributed by atoms with E-state index in [1.165, 1.54) is 23.0 Å². The van der Waals surface area contributed by atoms with Gasteiger partial charge in [-0.2, -0.15) is 10.2 Å². The Balaban J connectivity index is 1.83. The van der Waals surface area contributed by atoms with Crippen LogP contribution in [0.5, 0.6) is 5.75 Å². The normalized spacial score (nSPS) is 11.0. The Labute approximate surface area is 159 Å². The number of nitrogens with zero attached hydrogens (tertiary/aromatic N) is 3. The number of hydrazone groups is 1. The molecule has 0 atom stereocenters. The van der Waals surface area contributed by atoms with Crippen LogP contribution in [0, 0.1) is 6.92 Å². The fourth-order valence-corrected chi connectivity index (χ4v) is 2.85. The Morgan fingerprint density at radius 3 is 2.62 bits per heavy atom. The van der Waals surface area contributed by atoms with E-state index in [9.17, 15) is 9.90 Å². The van der Waals surface area contributed by atoms with E-state index in [0.717, 1.165) is 0 Å². The van der Waals surface area contributed by atoms with E-state index in [0.29, 0.717) is 27.1 Å². The Bertz CT molecular complexity index is 999. The van der Waals surface area contributed by atoms with E-state index in [2.05, 4.69) is 15.6 Å². The van der Waals surface area contributed by atoms with Gasteiger partial charge in [0.1, 0.15) is 10.9 Å². The minimum atomic E-state index is -0.536. The van der Waals surface area contributed by atoms with Gasteiger partial charge in [0, 0.05) is 0 Å². The van der Waals surface area contributed by atoms with Crippen molar-refractivity contribution in [3.05, 3.63) is 75.5 Å². The first-order chi connectivity index (χ1) is 12.5. The van der Waals surface area contributed by atoms with Crippen LogP contribution < -0.4 is 5.43 Å². The number of carbonyl (C=O) groups is 1. The number of aryl methyl sites for hydroxylation is 1. The number of aromatic hydroxyl groups is 1. The Morgan fingerprint density at radius 2 is 1.88 bits per heavy atom. The van der Waals surface area contributed by atoms with Gasteiger partial charge in [0.25, 0.3) is 5.91 Å². The van der Waals surface area contributed by atoms with Crippen LogP contribution in [-0.2, 0) is 0 Å². The molecule has 0 unspecified atom stereocenters. The molecule has 0 aliphatic rings. The van der Waals surface area contributed by atoms with E-state index in [1.54, 1.807) is 31.2 Å². The smallest absolute Gasteiger partial charge is 0.275 e. The minimum absolute atomic E-state index is 0.124. The lowest BCUT2D eigenvalue weighted by Crippen LogP contribution is -2.17. The van der Waals surface area contributed by atoms with Crippen molar-refractivity contribution in [2.45, 2.75) is 6.92 Å². The van der Waals surface area contributed by atoms with Crippen molar-refractivity contribution in [1.82, 2.24) is 15.2 Å². The van der Waals surface area contributed by atoms with Gasteiger partial charge in [-0.3, -0.25) is 4.79 Å². The molecule has 2 N–H and O–H groups in total. The lowest BCUT2D eigenvalue weighted by atomic mass is 10.2. The molecule has 8 heteroatoms. The van der Waals surface area contributed by atoms with E-state index in [4.69, 9.17) is 23.2 Å². The van der Waals surface area contributed by atoms with Gasteiger partial charge in [-0.05, 0) is 31.2 Å². The highest BCUT2D eigenvalue weighted by Gasteiger charge is 2.15. The zero-order valence-electron chi connectivity index (χ0n) is 13.6. The highest BCUT2D eigenvalue weighted by molar-refractivity contribution is 6.34. The second-order valence-electron chi connectivity index (χ2n) is 5.37. The summed E-state index contributed by atoms with van der Waals surface area (Å²) in [6, 6.07) is 13.4. The molecular weight excluding hydrogens is 375 g/mol. The average Bonchev–Trinajstić information content (AvgIpc) is 2.90. The number of aromatic nitrogens is 2. The summed E-state index contributed by atoms with van der Waals surface area (Å²) in [5, 5.41) is 18.8. The quantitative estimate of drug-likeness (QED) is 0.524. The molecule has 0 aliphatic carbocycles. The third-order valence-corrected chi connectivity index (χ3v) is 4.32. The molecular formula is C18H14Cl2N4O2. The molecule has 0 fully saturated rings. The van der Waals surface area contributed by atoms with Crippen molar-refractivity contribution in [2.24, 2.45) is 5.10 Å². The number of benzene rings is 2. The lowest BCUT2D eigenvalue weighted by Gasteiger charge is -2.05. The number of amides is 1. The number of rotatable bonds is 4. The van der Waals surface area contributed by atoms with Crippen molar-refractivity contribution in [2.75, 3.05) is 0 Å². The molecule has 26 heavy (non-hydrogen) atoms. The Morgan fingerprint density at radius 1 is 1.19 bits per heavy atom. The molecule has 0 radical (unpaired) electrons. The molecule has 0 saturated carbocycles. The zero-order chi connectivity index (χ0) is 18.7. The summed E-state index contributed by atoms with van der Waals surface area (Å²) < 4.78 is 1.51. The van der Waals surface area contributed by atoms with Crippen LogP contribution in [0.3, 0.4) is 0 Å². The summed E-state index contributed by atoms with van der Waals surface area (Å²) in [4.78, 5) is 12.0. The second-order valence-corrected chi connectivity index (χ2v) is 6.13. The third-order valence-electron chi connectivity index (χ3n) is 3.64. The Hall–Kier alpha value is -2.83. The first-order valence-corrected chi connectivity index (χ1v) is 8.36. The summed E-state index contributed by atoms with van der Waals surface area (Å²) in [5.41, 5.74) is 4.28. The predicted molar refractivity (Wildman–Crippen MR) is 101 cm³/mol. The van der Waals surface area contributed by atoms with E-state index in [-0.39, 0.29) is 11.3 Å². The predicted octanol–water partition coefficient (Wildman–Crippen LogP) is 3.96. The van der Waals surface area contributed by atoms with Crippen LogP contribution in [0.1, 0.15) is 21.6 Å². The van der Waals surface area contributed by atoms with Gasteiger partial charge in [-0.15, -0.1) is 0 Å². The van der Waals surface area contributed by atoms with Gasteiger partial charge in [-0.1, -0.05) is 47.5 Å². The standard InChI is InChI=1S/C18H14Cl2N4O2/c1-11-13(10-21-22-18(26)12-6-2-5-9-16(12)25)17(20)24(23-11)15-8-4-3-7-14(15)19/h2-10,25H,1H3,(H,22,26)/b21-10-. The van der Waals surface area contributed by atoms with Crippen LogP contribution in [0.25, 0.3) is 5.69 Å². The number of para-hydroxylation sites is 2. The molecule has 1 amide bonds. The summed E-state index contributed by atoms with van der Waals surface area (Å²) in [5.74, 6) is -0.660. The number of hydrogen-bond acceptors (Lipinski definition) is 4. The molecule has 0 aliphatic heterocycles. The van der Waals surface area contributed by atoms with E-state index < -0.39 is 5.91 Å². The summed E-state index contributed by atoms with van der Waals surface area (Å²) in [6.45, 7) is 1.77. The number of carbonyl (C=O) groups excluding carboxylic acids is 1. The van der Waals surface area contributed by atoms with Crippen LogP contribution in [0.2, 0.25) is 10.2 Å². The zero-order valence-corrected chi connectivity index (χ0v) is 15.2. The maximum Gasteiger partial charge on any atom is 0.275 e. The Kier molecular flexibility index (Phi) is 5.25. The van der Waals surface area contributed by atoms with Crippen molar-refractivity contribution >= 4 is 35.3 Å². The molecule has 2 aromatic carbocycles. The number of hydrogen-bond donors (Lipinski definition) is 2. The van der Waals surface area contributed by atoms with Crippen molar-refractivity contribution in [1.29, 1.82) is 0 Å². The van der Waals surface area contributed by atoms with Gasteiger partial charge < -0.3 is 5.11 Å². The maximum atomic E-state index is 12.0. The topological polar surface area (TPSA) is 79.5 Å². The van der Waals surface area contributed by atoms with Crippen molar-refractivity contribution < 1.29 is 9.90 Å². The van der Waals surface area contributed by atoms with Crippen LogP contribution >= 0.6 is 23.2 Å². The SMILES string of the molecule is Cc1nn(-c2ccccc2Cl)c(Cl)c1/C=N\NC(=O)c1ccccc1O. The lowest BCUT2D eigenvalue weighted by molar-refractivity contribution is 0.0952. The molecule has 132 valence electrons. The highest BCUT2D eigenvalue weighted by Crippen LogP contribution is 2.26. The second kappa shape index (κ2) is 7.59. The van der Waals surface area contributed by atoms with Gasteiger partial charge >= 0.3 is 0 Å². The molecule has 1 aromatic heterocycles. The third kappa shape index (κ3) is 3.56. The summed E-state index contributed by atoms with van der Waals surface area (Å²) in [7, 11) is 0. The number of phenolic OH excluding ortho intramolecular Hbond substituents is 1. The molecule has 3 rings (SSSR count). The molecule has 0 spiro atoms. The number of halogens is 2. The molecule has 0 saturated heterocycles.